The van der Waals surface area contributed by atoms with Crippen LogP contribution >= 0.6 is 0 Å². The summed E-state index contributed by atoms with van der Waals surface area (Å²) in [4.78, 5) is 26.0. The van der Waals surface area contributed by atoms with Gasteiger partial charge in [-0.2, -0.15) is 0 Å². The lowest BCUT2D eigenvalue weighted by atomic mass is 10.0. The van der Waals surface area contributed by atoms with Crippen LogP contribution in [0, 0.1) is 0 Å². The monoisotopic (exact) mass is 454 g/mol. The van der Waals surface area contributed by atoms with Crippen LogP contribution in [0.25, 0.3) is 0 Å². The number of sulfone groups is 1. The van der Waals surface area contributed by atoms with Gasteiger partial charge in [-0.25, -0.2) is 18.4 Å². The van der Waals surface area contributed by atoms with Crippen molar-refractivity contribution in [2.24, 2.45) is 0 Å². The molecule has 0 saturated carbocycles. The first-order chi connectivity index (χ1) is 14.6. The topological polar surface area (TPSA) is 122 Å². The summed E-state index contributed by atoms with van der Waals surface area (Å²) >= 11 is 0. The van der Waals surface area contributed by atoms with Crippen LogP contribution in [0.1, 0.15) is 49.9 Å². The second-order valence-electron chi connectivity index (χ2n) is 9.07. The number of carbonyl (C=O) groups is 1. The van der Waals surface area contributed by atoms with E-state index in [0.717, 1.165) is 12.7 Å². The van der Waals surface area contributed by atoms with E-state index in [0.29, 0.717) is 44.4 Å². The van der Waals surface area contributed by atoms with Gasteiger partial charge in [0, 0.05) is 12.8 Å². The Balaban J connectivity index is 1.89. The minimum atomic E-state index is -3.59. The van der Waals surface area contributed by atoms with Crippen molar-refractivity contribution in [1.82, 2.24) is 14.9 Å². The van der Waals surface area contributed by atoms with Crippen LogP contribution in [0.3, 0.4) is 0 Å². The fourth-order valence-corrected chi connectivity index (χ4v) is 4.92. The lowest BCUT2D eigenvalue weighted by Gasteiger charge is -2.45. The molecule has 2 saturated heterocycles. The summed E-state index contributed by atoms with van der Waals surface area (Å²) in [5, 5.41) is 9.65. The summed E-state index contributed by atoms with van der Waals surface area (Å²) in [6.45, 7) is 6.75. The van der Waals surface area contributed by atoms with Gasteiger partial charge in [0.1, 0.15) is 17.0 Å². The van der Waals surface area contributed by atoms with Gasteiger partial charge in [0.05, 0.1) is 37.9 Å². The van der Waals surface area contributed by atoms with E-state index in [-0.39, 0.29) is 36.3 Å². The Morgan fingerprint density at radius 1 is 1.26 bits per heavy atom. The van der Waals surface area contributed by atoms with Crippen LogP contribution in [0.15, 0.2) is 0 Å². The molecule has 0 aromatic carbocycles. The second-order valence-corrected chi connectivity index (χ2v) is 11.6. The number of anilines is 1. The first kappa shape index (κ1) is 22.2. The zero-order chi connectivity index (χ0) is 22.6. The van der Waals surface area contributed by atoms with E-state index in [4.69, 9.17) is 9.47 Å². The highest BCUT2D eigenvalue weighted by atomic mass is 32.2. The molecule has 1 aromatic heterocycles. The smallest absolute Gasteiger partial charge is 0.292 e. The molecule has 3 aliphatic heterocycles. The predicted octanol–water partition coefficient (Wildman–Crippen LogP) is 0.339. The number of aliphatic hydroxyl groups is 1. The standard InChI is InChI=1S/C20H30N4O6S/c1-12-9-29-10-14-11-30-15-16(20(2,3)31(4,27)28)21-17(22-18(15)24(12)14)19(26)23-7-5-6-13(23)8-25/h12-14,25H,5-11H2,1-4H3/t12?,13-,14?/m1/s1. The van der Waals surface area contributed by atoms with Crippen LogP contribution in [0.5, 0.6) is 5.75 Å². The van der Waals surface area contributed by atoms with E-state index in [9.17, 15) is 18.3 Å². The third-order valence-corrected chi connectivity index (χ3v) is 8.63. The van der Waals surface area contributed by atoms with Crippen LogP contribution in [0.2, 0.25) is 0 Å². The average Bonchev–Trinajstić information content (AvgIpc) is 3.20. The molecule has 172 valence electrons. The third-order valence-electron chi connectivity index (χ3n) is 6.59. The van der Waals surface area contributed by atoms with Gasteiger partial charge in [-0.3, -0.25) is 4.79 Å². The molecule has 3 aliphatic rings. The van der Waals surface area contributed by atoms with Crippen molar-refractivity contribution in [3.05, 3.63) is 11.5 Å². The van der Waals surface area contributed by atoms with Crippen molar-refractivity contribution in [2.75, 3.05) is 44.1 Å². The number of likely N-dealkylation sites (tertiary alicyclic amines) is 1. The molecule has 1 amide bonds. The third kappa shape index (κ3) is 3.66. The number of carbonyl (C=O) groups excluding carboxylic acids is 1. The maximum absolute atomic E-state index is 13.3. The molecule has 0 spiro atoms. The van der Waals surface area contributed by atoms with Crippen LogP contribution < -0.4 is 9.64 Å². The minimum absolute atomic E-state index is 0.0228. The van der Waals surface area contributed by atoms with Gasteiger partial charge >= 0.3 is 0 Å². The Hall–Kier alpha value is -1.98. The molecule has 31 heavy (non-hydrogen) atoms. The number of rotatable bonds is 4. The van der Waals surface area contributed by atoms with Gasteiger partial charge in [-0.15, -0.1) is 0 Å². The zero-order valence-electron chi connectivity index (χ0n) is 18.4. The zero-order valence-corrected chi connectivity index (χ0v) is 19.2. The first-order valence-electron chi connectivity index (χ1n) is 10.6. The SMILES string of the molecule is CC1COCC2COc3c(nc(C(=O)N4CCC[C@@H]4CO)nc3C(C)(C)S(C)(=O)=O)N12. The summed E-state index contributed by atoms with van der Waals surface area (Å²) in [5.41, 5.74) is 0.181. The van der Waals surface area contributed by atoms with E-state index in [1.54, 1.807) is 18.7 Å². The van der Waals surface area contributed by atoms with Crippen LogP contribution in [0.4, 0.5) is 5.82 Å². The molecule has 0 aliphatic carbocycles. The van der Waals surface area contributed by atoms with Gasteiger partial charge < -0.3 is 24.4 Å². The number of hydrogen-bond acceptors (Lipinski definition) is 9. The summed E-state index contributed by atoms with van der Waals surface area (Å²) in [5.74, 6) is 0.246. The molecule has 4 rings (SSSR count). The summed E-state index contributed by atoms with van der Waals surface area (Å²) in [7, 11) is -3.59. The highest BCUT2D eigenvalue weighted by Crippen LogP contribution is 2.43. The molecule has 3 atom stereocenters. The number of aliphatic hydroxyl groups excluding tert-OH is 1. The van der Waals surface area contributed by atoms with Crippen molar-refractivity contribution in [2.45, 2.75) is 56.5 Å². The molecule has 1 N–H and O–H groups in total. The van der Waals surface area contributed by atoms with Crippen molar-refractivity contribution >= 4 is 21.6 Å². The average molecular weight is 455 g/mol. The number of morpholine rings is 1. The van der Waals surface area contributed by atoms with Gasteiger partial charge in [-0.1, -0.05) is 0 Å². The highest BCUT2D eigenvalue weighted by Gasteiger charge is 2.45. The fourth-order valence-electron chi connectivity index (χ4n) is 4.43. The molecule has 4 heterocycles. The number of aromatic nitrogens is 2. The first-order valence-corrected chi connectivity index (χ1v) is 12.5. The summed E-state index contributed by atoms with van der Waals surface area (Å²) < 4.78 is 35.5. The molecule has 2 fully saturated rings. The number of nitrogens with zero attached hydrogens (tertiary/aromatic N) is 4. The number of hydrogen-bond donors (Lipinski definition) is 1. The molecule has 0 radical (unpaired) electrons. The molecule has 2 unspecified atom stereocenters. The molecule has 1 aromatic rings. The van der Waals surface area contributed by atoms with E-state index >= 15 is 0 Å². The van der Waals surface area contributed by atoms with Gasteiger partial charge in [0.2, 0.25) is 5.82 Å². The molecule has 11 heteroatoms. The molecular weight excluding hydrogens is 424 g/mol. The van der Waals surface area contributed by atoms with Gasteiger partial charge in [0.25, 0.3) is 5.91 Å². The van der Waals surface area contributed by atoms with E-state index < -0.39 is 20.5 Å². The van der Waals surface area contributed by atoms with Crippen molar-refractivity contribution in [3.8, 4) is 5.75 Å². The van der Waals surface area contributed by atoms with E-state index in [1.165, 1.54) is 0 Å². The Bertz CT molecular complexity index is 982. The van der Waals surface area contributed by atoms with Crippen molar-refractivity contribution < 1.29 is 27.8 Å². The number of ether oxygens (including phenoxy) is 2. The number of fused-ring (bicyclic) bond motifs is 3. The normalized spacial score (nSPS) is 26.3. The minimum Gasteiger partial charge on any atom is -0.486 e. The summed E-state index contributed by atoms with van der Waals surface area (Å²) in [6.07, 6.45) is 2.64. The maximum atomic E-state index is 13.3. The second kappa shape index (κ2) is 7.86. The molecule has 10 nitrogen and oxygen atoms in total. The van der Waals surface area contributed by atoms with Crippen LogP contribution in [-0.2, 0) is 19.3 Å². The largest absolute Gasteiger partial charge is 0.486 e. The van der Waals surface area contributed by atoms with Gasteiger partial charge in [0.15, 0.2) is 21.4 Å². The molecular formula is C20H30N4O6S. The fraction of sp³-hybridized carbons (Fsp3) is 0.750. The molecule has 0 bridgehead atoms. The predicted molar refractivity (Wildman–Crippen MR) is 113 cm³/mol. The van der Waals surface area contributed by atoms with E-state index in [1.807, 2.05) is 6.92 Å². The Kier molecular flexibility index (Phi) is 5.63. The van der Waals surface area contributed by atoms with Crippen molar-refractivity contribution in [3.63, 3.8) is 0 Å². The Morgan fingerprint density at radius 3 is 2.68 bits per heavy atom. The van der Waals surface area contributed by atoms with Crippen molar-refractivity contribution in [1.29, 1.82) is 0 Å². The van der Waals surface area contributed by atoms with E-state index in [2.05, 4.69) is 14.9 Å². The lowest BCUT2D eigenvalue weighted by molar-refractivity contribution is 0.0479. The highest BCUT2D eigenvalue weighted by molar-refractivity contribution is 7.91. The lowest BCUT2D eigenvalue weighted by Crippen LogP contribution is -2.56. The number of amides is 1. The maximum Gasteiger partial charge on any atom is 0.292 e. The summed E-state index contributed by atoms with van der Waals surface area (Å²) in [6, 6.07) is -0.393. The van der Waals surface area contributed by atoms with Crippen LogP contribution in [-0.4, -0.2) is 91.7 Å². The quantitative estimate of drug-likeness (QED) is 0.686. The Labute approximate surface area is 182 Å². The van der Waals surface area contributed by atoms with Gasteiger partial charge in [-0.05, 0) is 33.6 Å². The Morgan fingerprint density at radius 2 is 2.00 bits per heavy atom.